The normalized spacial score (nSPS) is 11.4. The zero-order chi connectivity index (χ0) is 15.3. The van der Waals surface area contributed by atoms with Gasteiger partial charge in [0.15, 0.2) is 0 Å². The molecule has 0 spiro atoms. The van der Waals surface area contributed by atoms with Gasteiger partial charge in [-0.3, -0.25) is 5.01 Å². The Hall–Kier alpha value is -2.50. The van der Waals surface area contributed by atoms with Crippen LogP contribution in [0.15, 0.2) is 47.3 Å². The molecule has 0 unspecified atom stereocenters. The molecule has 5 nitrogen and oxygen atoms in total. The number of carbonyl (C=O) groups excluding carboxylic acids is 1. The van der Waals surface area contributed by atoms with Crippen LogP contribution >= 0.6 is 0 Å². The summed E-state index contributed by atoms with van der Waals surface area (Å²) in [7, 11) is 2.79. The number of hydrogen-bond acceptors (Lipinski definition) is 4. The van der Waals surface area contributed by atoms with Gasteiger partial charge in [0, 0.05) is 7.05 Å². The summed E-state index contributed by atoms with van der Waals surface area (Å²) in [6.45, 7) is 5.48. The van der Waals surface area contributed by atoms with Crippen LogP contribution in [0.25, 0.3) is 5.57 Å². The van der Waals surface area contributed by atoms with E-state index in [-0.39, 0.29) is 11.4 Å². The lowest BCUT2D eigenvalue weighted by Gasteiger charge is -2.17. The van der Waals surface area contributed by atoms with Gasteiger partial charge >= 0.3 is 5.97 Å². The van der Waals surface area contributed by atoms with Crippen molar-refractivity contribution in [1.29, 1.82) is 5.53 Å². The average molecular weight is 277 g/mol. The minimum atomic E-state index is -0.590. The van der Waals surface area contributed by atoms with E-state index < -0.39 is 5.97 Å². The van der Waals surface area contributed by atoms with E-state index in [0.717, 1.165) is 0 Å². The van der Waals surface area contributed by atoms with E-state index in [1.54, 1.807) is 6.92 Å². The summed E-state index contributed by atoms with van der Waals surface area (Å²) in [5.74, 6) is -0.965. The molecule has 0 aromatic heterocycles. The fraction of sp³-hybridized carbons (Fsp3) is 0.214. The molecule has 6 heteroatoms. The van der Waals surface area contributed by atoms with E-state index >= 15 is 0 Å². The summed E-state index contributed by atoms with van der Waals surface area (Å²) in [5.41, 5.74) is 8.57. The van der Waals surface area contributed by atoms with E-state index in [4.69, 9.17) is 10.3 Å². The van der Waals surface area contributed by atoms with Gasteiger partial charge in [-0.25, -0.2) is 9.18 Å². The number of ether oxygens (including phenoxy) is 1. The van der Waals surface area contributed by atoms with Crippen LogP contribution in [0.4, 0.5) is 4.39 Å². The Bertz CT molecular complexity index is 564. The third kappa shape index (κ3) is 3.28. The van der Waals surface area contributed by atoms with E-state index in [1.807, 2.05) is 0 Å². The largest absolute Gasteiger partial charge is 0.465 e. The second kappa shape index (κ2) is 6.60. The Kier molecular flexibility index (Phi) is 5.14. The topological polar surface area (TPSA) is 65.8 Å². The van der Waals surface area contributed by atoms with Crippen molar-refractivity contribution < 1.29 is 13.9 Å². The van der Waals surface area contributed by atoms with Crippen LogP contribution in [0.1, 0.15) is 12.5 Å². The van der Waals surface area contributed by atoms with Crippen molar-refractivity contribution in [1.82, 2.24) is 5.01 Å². The van der Waals surface area contributed by atoms with Crippen molar-refractivity contribution in [3.05, 3.63) is 53.5 Å². The predicted octanol–water partition coefficient (Wildman–Crippen LogP) is 3.16. The van der Waals surface area contributed by atoms with Crippen LogP contribution < -0.4 is 0 Å². The van der Waals surface area contributed by atoms with Gasteiger partial charge in [0.2, 0.25) is 0 Å². The van der Waals surface area contributed by atoms with Gasteiger partial charge in [0.25, 0.3) is 0 Å². The molecule has 0 bridgehead atoms. The number of benzene rings is 1. The molecule has 1 N–H and O–H groups in total. The van der Waals surface area contributed by atoms with E-state index in [9.17, 15) is 9.18 Å². The van der Waals surface area contributed by atoms with Crippen LogP contribution in [0.3, 0.4) is 0 Å². The van der Waals surface area contributed by atoms with E-state index in [1.165, 1.54) is 43.4 Å². The summed E-state index contributed by atoms with van der Waals surface area (Å²) >= 11 is 0. The molecular formula is C14H16FN3O2. The first-order chi connectivity index (χ1) is 9.42. The molecular weight excluding hydrogens is 261 g/mol. The molecule has 1 rings (SSSR count). The Morgan fingerprint density at radius 1 is 1.40 bits per heavy atom. The highest BCUT2D eigenvalue weighted by atomic mass is 19.1. The lowest BCUT2D eigenvalue weighted by atomic mass is 9.98. The van der Waals surface area contributed by atoms with Crippen molar-refractivity contribution in [3.63, 3.8) is 0 Å². The fourth-order valence-electron chi connectivity index (χ4n) is 1.62. The first-order valence-electron chi connectivity index (χ1n) is 5.77. The quantitative estimate of drug-likeness (QED) is 0.295. The molecule has 1 aromatic rings. The van der Waals surface area contributed by atoms with Gasteiger partial charge in [-0.1, -0.05) is 23.9 Å². The number of carbonyl (C=O) groups is 1. The minimum absolute atomic E-state index is 0.192. The highest BCUT2D eigenvalue weighted by molar-refractivity contribution is 6.06. The first kappa shape index (κ1) is 15.6. The van der Waals surface area contributed by atoms with Gasteiger partial charge in [-0.2, -0.15) is 5.53 Å². The van der Waals surface area contributed by atoms with Gasteiger partial charge in [-0.05, 0) is 30.2 Å². The monoisotopic (exact) mass is 277 g/mol. The molecule has 0 aliphatic heterocycles. The lowest BCUT2D eigenvalue weighted by Crippen LogP contribution is -2.16. The summed E-state index contributed by atoms with van der Waals surface area (Å²) < 4.78 is 17.7. The number of nitrogens with one attached hydrogen (secondary N) is 1. The maximum Gasteiger partial charge on any atom is 0.340 e. The number of allylic oxidation sites excluding steroid dienone is 1. The summed E-state index contributed by atoms with van der Waals surface area (Å²) in [6.07, 6.45) is 0. The van der Waals surface area contributed by atoms with E-state index in [0.29, 0.717) is 16.8 Å². The standard InChI is InChI=1S/C14H16FN3O2/c1-9(11-5-7-12(15)8-6-11)13(14(19)20-4)10(2)18(3)17-16/h5-8,16H,1H2,2-4H3/b13-10+,17-16?. The number of rotatable bonds is 5. The maximum absolute atomic E-state index is 12.9. The van der Waals surface area contributed by atoms with Gasteiger partial charge in [-0.15, -0.1) is 0 Å². The van der Waals surface area contributed by atoms with Crippen molar-refractivity contribution in [2.45, 2.75) is 6.92 Å². The molecule has 0 saturated heterocycles. The number of nitrogens with zero attached hydrogens (tertiary/aromatic N) is 2. The van der Waals surface area contributed by atoms with Crippen molar-refractivity contribution in [2.24, 2.45) is 5.22 Å². The van der Waals surface area contributed by atoms with Crippen LogP contribution in [0.2, 0.25) is 0 Å². The molecule has 0 amide bonds. The maximum atomic E-state index is 12.9. The number of halogens is 1. The second-order valence-corrected chi connectivity index (χ2v) is 4.06. The molecule has 0 aliphatic rings. The van der Waals surface area contributed by atoms with E-state index in [2.05, 4.69) is 11.8 Å². The molecule has 0 saturated carbocycles. The van der Waals surface area contributed by atoms with Gasteiger partial charge in [0.05, 0.1) is 18.4 Å². The van der Waals surface area contributed by atoms with Crippen molar-refractivity contribution in [3.8, 4) is 0 Å². The first-order valence-corrected chi connectivity index (χ1v) is 5.77. The SMILES string of the molecule is C=C(/C(C(=O)OC)=C(/C)N(C)N=N)c1ccc(F)cc1. The number of methoxy groups -OCH3 is 1. The van der Waals surface area contributed by atoms with Crippen LogP contribution in [-0.2, 0) is 9.53 Å². The highest BCUT2D eigenvalue weighted by Gasteiger charge is 2.20. The Morgan fingerprint density at radius 2 is 1.95 bits per heavy atom. The molecule has 20 heavy (non-hydrogen) atoms. The Labute approximate surface area is 116 Å². The molecule has 0 heterocycles. The molecule has 0 atom stereocenters. The van der Waals surface area contributed by atoms with Gasteiger partial charge < -0.3 is 4.74 Å². The molecule has 106 valence electrons. The molecule has 0 aliphatic carbocycles. The van der Waals surface area contributed by atoms with Crippen molar-refractivity contribution >= 4 is 11.5 Å². The third-order valence-corrected chi connectivity index (χ3v) is 2.88. The smallest absolute Gasteiger partial charge is 0.340 e. The summed E-state index contributed by atoms with van der Waals surface area (Å²) in [6, 6.07) is 5.60. The molecule has 1 aromatic carbocycles. The molecule has 0 fully saturated rings. The summed E-state index contributed by atoms with van der Waals surface area (Å²) in [4.78, 5) is 11.9. The lowest BCUT2D eigenvalue weighted by molar-refractivity contribution is -0.135. The fourth-order valence-corrected chi connectivity index (χ4v) is 1.62. The zero-order valence-corrected chi connectivity index (χ0v) is 11.6. The predicted molar refractivity (Wildman–Crippen MR) is 73.1 cm³/mol. The van der Waals surface area contributed by atoms with Crippen LogP contribution in [0.5, 0.6) is 0 Å². The highest BCUT2D eigenvalue weighted by Crippen LogP contribution is 2.26. The molecule has 0 radical (unpaired) electrons. The Balaban J connectivity index is 3.31. The van der Waals surface area contributed by atoms with Crippen LogP contribution in [-0.4, -0.2) is 25.1 Å². The zero-order valence-electron chi connectivity index (χ0n) is 11.6. The third-order valence-electron chi connectivity index (χ3n) is 2.88. The second-order valence-electron chi connectivity index (χ2n) is 4.06. The number of hydrogen-bond donors (Lipinski definition) is 1. The van der Waals surface area contributed by atoms with Gasteiger partial charge in [0.1, 0.15) is 5.82 Å². The van der Waals surface area contributed by atoms with Crippen LogP contribution in [0, 0.1) is 11.3 Å². The Morgan fingerprint density at radius 3 is 2.40 bits per heavy atom. The number of esters is 1. The minimum Gasteiger partial charge on any atom is -0.465 e. The average Bonchev–Trinajstić information content (AvgIpc) is 2.46. The van der Waals surface area contributed by atoms with Crippen molar-refractivity contribution in [2.75, 3.05) is 14.2 Å². The summed E-state index contributed by atoms with van der Waals surface area (Å²) in [5, 5.41) is 4.46.